The molecule has 2 aliphatic rings. The Kier molecular flexibility index (Phi) is 50.8. The fourth-order valence-electron chi connectivity index (χ4n) is 15.4. The number of hydrogen-bond acceptors (Lipinski definition) is 26. The molecule has 13 atom stereocenters. The van der Waals surface area contributed by atoms with Crippen LogP contribution in [0.15, 0.2) is 60.8 Å². The highest BCUT2D eigenvalue weighted by Gasteiger charge is 2.44. The number of nitrogens with one attached hydrogen (secondary N) is 16. The molecule has 2 saturated heterocycles. The Morgan fingerprint density at radius 3 is 1.87 bits per heavy atom. The summed E-state index contributed by atoms with van der Waals surface area (Å²) < 4.78 is 10.8. The molecule has 27 N–H and O–H groups in total. The number of amides is 15. The molecule has 4 aromatic rings. The lowest BCUT2D eigenvalue weighted by atomic mass is 10.00. The summed E-state index contributed by atoms with van der Waals surface area (Å²) in [5.41, 5.74) is 24.7. The van der Waals surface area contributed by atoms with Crippen LogP contribution in [-0.4, -0.2) is 291 Å². The number of para-hydroxylation sites is 1. The van der Waals surface area contributed by atoms with E-state index in [0.29, 0.717) is 30.4 Å². The number of rotatable bonds is 55. The molecule has 4 heterocycles. The van der Waals surface area contributed by atoms with E-state index in [1.807, 2.05) is 12.1 Å². The number of nitrogens with zero attached hydrogens (tertiary/aromatic N) is 4. The van der Waals surface area contributed by atoms with Crippen LogP contribution in [0.1, 0.15) is 217 Å². The van der Waals surface area contributed by atoms with Crippen molar-refractivity contribution >= 4 is 111 Å². The number of primary amides is 2. The van der Waals surface area contributed by atoms with E-state index in [9.17, 15) is 87.2 Å². The number of carbonyl (C=O) groups excluding carboxylic acids is 16. The summed E-state index contributed by atoms with van der Waals surface area (Å²) in [6.45, 7) is -0.0931. The topological polar surface area (TPSA) is 710 Å². The van der Waals surface area contributed by atoms with Crippen LogP contribution in [-0.2, 0) is 105 Å². The molecule has 2 aliphatic heterocycles. The highest BCUT2D eigenvalue weighted by molar-refractivity contribution is 6.01. The first-order chi connectivity index (χ1) is 64.4. The molecular formula is C89H140N24O21. The number of fused-ring (bicyclic) bond motifs is 2. The van der Waals surface area contributed by atoms with E-state index < -0.39 is 226 Å². The average Bonchev–Trinajstić information content (AvgIpc) is 1.67. The Balaban J connectivity index is 1.04. The molecule has 0 aliphatic carbocycles. The van der Waals surface area contributed by atoms with Crippen LogP contribution in [0.5, 0.6) is 0 Å². The van der Waals surface area contributed by atoms with Gasteiger partial charge in [0.1, 0.15) is 84.7 Å². The monoisotopic (exact) mass is 1880 g/mol. The minimum Gasteiger partial charge on any atom is -0.394 e. The Hall–Kier alpha value is -12.2. The van der Waals surface area contributed by atoms with Gasteiger partial charge in [0.2, 0.25) is 88.6 Å². The SMILES string of the molecule is CCCC[C@H](NC(=O)[C@H](CO)NC(=O)[C@H](CN)NC(=O)[C@H](CCC(N)=O)NC(=O)[C@@H](NC(=O)CNC(=O)COCCOCCNC(=O)CCCCCCCCCCCCCCCc1nnn[nH]1)[C@@H](C)O)C(=O)N[C@H]1CCC(=O)CCCCC[C@@H](C(N)=O)NC(=O)[C@H](Cc2c[nH]c3ccccc23)NC(=O)[C@H](CCCNC(=N)N)NC(=O)[C@@H](Cc2ccccc2)NC(=O)[C@@H]2C[C@@H](O)CN2C1=O. The van der Waals surface area contributed by atoms with Gasteiger partial charge in [0.15, 0.2) is 5.96 Å². The number of aromatic amines is 2. The maximum absolute atomic E-state index is 15.3. The lowest BCUT2D eigenvalue weighted by Crippen LogP contribution is -2.62. The van der Waals surface area contributed by atoms with Gasteiger partial charge in [-0.1, -0.05) is 152 Å². The number of ether oxygens (including phenoxy) is 2. The first-order valence-corrected chi connectivity index (χ1v) is 46.6. The molecule has 2 aromatic carbocycles. The molecule has 0 bridgehead atoms. The second-order valence-electron chi connectivity index (χ2n) is 33.8. The number of aromatic nitrogens is 5. The van der Waals surface area contributed by atoms with E-state index in [1.54, 1.807) is 55.6 Å². The van der Waals surface area contributed by atoms with E-state index in [1.165, 1.54) is 51.4 Å². The fourth-order valence-corrected chi connectivity index (χ4v) is 15.4. The molecule has 0 unspecified atom stereocenters. The Morgan fingerprint density at radius 1 is 0.597 bits per heavy atom. The predicted octanol–water partition coefficient (Wildman–Crippen LogP) is -2.90. The molecule has 6 rings (SSSR count). The van der Waals surface area contributed by atoms with Crippen molar-refractivity contribution in [3.8, 4) is 0 Å². The lowest BCUT2D eigenvalue weighted by Gasteiger charge is -2.31. The maximum atomic E-state index is 15.3. The Labute approximate surface area is 778 Å². The van der Waals surface area contributed by atoms with Gasteiger partial charge in [0.25, 0.3) is 0 Å². The van der Waals surface area contributed by atoms with Crippen molar-refractivity contribution in [2.75, 3.05) is 65.8 Å². The number of Topliss-reactive ketones (excluding diaryl/α,β-unsaturated/α-hetero) is 1. The van der Waals surface area contributed by atoms with Gasteiger partial charge < -0.3 is 127 Å². The Bertz CT molecular complexity index is 4410. The van der Waals surface area contributed by atoms with Crippen molar-refractivity contribution in [1.29, 1.82) is 5.41 Å². The smallest absolute Gasteiger partial charge is 0.246 e. The quantitative estimate of drug-likeness (QED) is 0.0120. The van der Waals surface area contributed by atoms with Gasteiger partial charge >= 0.3 is 0 Å². The Morgan fingerprint density at radius 2 is 1.21 bits per heavy atom. The third-order valence-corrected chi connectivity index (χ3v) is 22.9. The zero-order valence-electron chi connectivity index (χ0n) is 76.8. The predicted molar refractivity (Wildman–Crippen MR) is 489 cm³/mol. The molecule has 742 valence electrons. The second-order valence-corrected chi connectivity index (χ2v) is 33.8. The summed E-state index contributed by atoms with van der Waals surface area (Å²) in [6.07, 6.45) is 13.4. The van der Waals surface area contributed by atoms with Crippen molar-refractivity contribution in [2.45, 2.75) is 298 Å². The molecule has 0 spiro atoms. The molecular weight excluding hydrogens is 1740 g/mol. The maximum Gasteiger partial charge on any atom is 0.246 e. The highest BCUT2D eigenvalue weighted by atomic mass is 16.5. The number of unbranched alkanes of at least 4 members (excludes halogenated alkanes) is 13. The van der Waals surface area contributed by atoms with Crippen molar-refractivity contribution in [2.24, 2.45) is 22.9 Å². The van der Waals surface area contributed by atoms with Gasteiger partial charge in [-0.3, -0.25) is 82.1 Å². The molecule has 15 amide bonds. The number of guanidine groups is 1. The number of aryl methyl sites for hydroxylation is 1. The lowest BCUT2D eigenvalue weighted by molar-refractivity contribution is -0.143. The molecule has 2 fully saturated rings. The zero-order chi connectivity index (χ0) is 97.7. The minimum atomic E-state index is -1.91. The summed E-state index contributed by atoms with van der Waals surface area (Å²) in [7, 11) is 0. The first kappa shape index (κ1) is 111. The third kappa shape index (κ3) is 41.5. The van der Waals surface area contributed by atoms with Crippen molar-refractivity contribution < 1.29 is 102 Å². The first-order valence-electron chi connectivity index (χ1n) is 46.6. The zero-order valence-corrected chi connectivity index (χ0v) is 76.8. The average molecular weight is 1880 g/mol. The van der Waals surface area contributed by atoms with E-state index in [2.05, 4.69) is 94.7 Å². The number of nitrogens with two attached hydrogens (primary N) is 4. The van der Waals surface area contributed by atoms with Gasteiger partial charge in [-0.2, -0.15) is 0 Å². The van der Waals surface area contributed by atoms with Gasteiger partial charge in [0.05, 0.1) is 45.2 Å². The van der Waals surface area contributed by atoms with Crippen molar-refractivity contribution in [3.05, 3.63) is 77.7 Å². The van der Waals surface area contributed by atoms with Gasteiger partial charge in [-0.05, 0) is 92.3 Å². The number of carbonyl (C=O) groups is 16. The highest BCUT2D eigenvalue weighted by Crippen LogP contribution is 2.25. The number of hydrogen-bond donors (Lipinski definition) is 23. The number of aliphatic hydroxyl groups is 3. The molecule has 134 heavy (non-hydrogen) atoms. The van der Waals surface area contributed by atoms with Gasteiger partial charge in [0, 0.05) is 94.6 Å². The second kappa shape index (κ2) is 61.6. The molecule has 0 saturated carbocycles. The van der Waals surface area contributed by atoms with Crippen LogP contribution in [0.3, 0.4) is 0 Å². The number of aliphatic hydroxyl groups excluding tert-OH is 3. The summed E-state index contributed by atoms with van der Waals surface area (Å²) in [6, 6.07) is -2.10. The fraction of sp³-hybridized carbons (Fsp3) is 0.640. The normalized spacial score (nSPS) is 19.2. The van der Waals surface area contributed by atoms with Crippen LogP contribution >= 0.6 is 0 Å². The van der Waals surface area contributed by atoms with Crippen molar-refractivity contribution in [3.63, 3.8) is 0 Å². The largest absolute Gasteiger partial charge is 0.394 e. The molecule has 0 radical (unpaired) electrons. The van der Waals surface area contributed by atoms with Gasteiger partial charge in [-0.15, -0.1) is 5.10 Å². The van der Waals surface area contributed by atoms with Crippen LogP contribution in [0.2, 0.25) is 0 Å². The number of tetrazole rings is 1. The standard InChI is InChI=1S/C89H140N24O21/c1-3-4-31-63(101-85(129)70(53-114)107-84(128)69(49-90)106-81(125)65(39-40-72(91)118)102-87(131)77(55(2)115)108-75(120)51-98-76(121)54-134-45-44-133-43-42-95-74(119)36-23-15-13-11-9-7-5-6-8-10-12-14-22-35-73-109-111-112-110-73)79(123)103-66-38-37-58(116)29-20-17-21-33-62(78(92)122)99-83(127)68(47-57-50-97-61-32-25-24-30-60(57)61)104-80(124)64(34-26-41-96-89(93)94)100-82(126)67(46-56-27-18-16-19-28-56)105-86(130)71-48-59(117)52-113(71)88(66)132/h16,18-19,24-25,27-28,30,32,50,55,59,62-71,77,97,114-115,117H,3-15,17,20-23,26,29,31,33-49,51-54,90H2,1-2H3,(H2,91,118)(H2,92,122)(H,95,119)(H,98,121)(H,99,127)(H,100,126)(H,101,129)(H,102,131)(H,103,123)(H,104,124)(H,105,130)(H,106,125)(H,107,128)(H,108,120)(H4,93,94,96)(H,109,110,111,112)/t55-,59-,62+,63+,64+,65+,66+,67-,68+,69+,70+,71+,77+/m1/s1. The molecule has 2 aromatic heterocycles. The van der Waals surface area contributed by atoms with Crippen LogP contribution in [0, 0.1) is 5.41 Å². The number of ketones is 1. The summed E-state index contributed by atoms with van der Waals surface area (Å²) in [4.78, 5) is 227. The van der Waals surface area contributed by atoms with Crippen LogP contribution in [0.25, 0.3) is 10.9 Å². The summed E-state index contributed by atoms with van der Waals surface area (Å²) in [5, 5.41) is 87.9. The van der Waals surface area contributed by atoms with Gasteiger partial charge in [-0.25, -0.2) is 5.10 Å². The minimum absolute atomic E-state index is 0.00458. The van der Waals surface area contributed by atoms with E-state index in [-0.39, 0.29) is 115 Å². The third-order valence-electron chi connectivity index (χ3n) is 22.9. The van der Waals surface area contributed by atoms with E-state index >= 15 is 4.79 Å². The van der Waals surface area contributed by atoms with E-state index in [4.69, 9.17) is 37.8 Å². The summed E-state index contributed by atoms with van der Waals surface area (Å²) in [5.74, 6) is -13.9. The number of H-pyrrole nitrogens is 2. The number of benzene rings is 2. The molecule has 45 nitrogen and oxygen atoms in total. The van der Waals surface area contributed by atoms with Crippen LogP contribution < -0.4 is 92.1 Å². The summed E-state index contributed by atoms with van der Waals surface area (Å²) >= 11 is 0. The van der Waals surface area contributed by atoms with Crippen LogP contribution in [0.4, 0.5) is 0 Å². The van der Waals surface area contributed by atoms with Crippen molar-refractivity contribution in [1.82, 2.24) is 99.6 Å². The van der Waals surface area contributed by atoms with E-state index in [0.717, 1.165) is 67.1 Å². The molecule has 45 heteroatoms.